The predicted octanol–water partition coefficient (Wildman–Crippen LogP) is 7.55. The minimum Gasteiger partial charge on any atom is -0.496 e. The van der Waals surface area contributed by atoms with Gasteiger partial charge in [-0.25, -0.2) is 19.1 Å². The van der Waals surface area contributed by atoms with Crippen molar-refractivity contribution in [3.05, 3.63) is 82.6 Å². The summed E-state index contributed by atoms with van der Waals surface area (Å²) >= 11 is 1.50. The molecule has 1 saturated heterocycles. The van der Waals surface area contributed by atoms with E-state index in [2.05, 4.69) is 18.6 Å². The molecule has 1 N–H and O–H groups in total. The van der Waals surface area contributed by atoms with Crippen LogP contribution in [-0.4, -0.2) is 85.1 Å². The average Bonchev–Trinajstić information content (AvgIpc) is 3.49. The average molecular weight is 860 g/mol. The van der Waals surface area contributed by atoms with Gasteiger partial charge in [-0.05, 0) is 80.7 Å². The van der Waals surface area contributed by atoms with Gasteiger partial charge in [-0.15, -0.1) is 11.3 Å². The summed E-state index contributed by atoms with van der Waals surface area (Å²) < 4.78 is 55.3. The lowest BCUT2D eigenvalue weighted by Gasteiger charge is -2.29. The van der Waals surface area contributed by atoms with Crippen LogP contribution in [0.15, 0.2) is 60.0 Å². The summed E-state index contributed by atoms with van der Waals surface area (Å²) in [5.41, 5.74) is 2.60. The number of Topliss-reactive ketones (excluding diaryl/α,β-unsaturated/α-hetero) is 1. The molecule has 0 unspecified atom stereocenters. The molecule has 0 spiro atoms. The van der Waals surface area contributed by atoms with E-state index in [1.807, 2.05) is 42.7 Å². The van der Waals surface area contributed by atoms with Crippen LogP contribution in [0.4, 0.5) is 4.39 Å². The molecule has 0 radical (unpaired) electrons. The van der Waals surface area contributed by atoms with Crippen molar-refractivity contribution in [2.75, 3.05) is 27.7 Å². The summed E-state index contributed by atoms with van der Waals surface area (Å²) in [6.07, 6.45) is 7.74. The van der Waals surface area contributed by atoms with Crippen LogP contribution in [-0.2, 0) is 31.0 Å². The fraction of sp³-hybridized carbons (Fsp3) is 0.489. The summed E-state index contributed by atoms with van der Waals surface area (Å²) in [5, 5.41) is 3.49. The normalized spacial score (nSPS) is 24.4. The number of hydrogen-bond acceptors (Lipinski definition) is 10. The monoisotopic (exact) mass is 859 g/mol. The minimum atomic E-state index is -4.13. The number of ether oxygens (including phenoxy) is 2. The number of pyridine rings is 1. The smallest absolute Gasteiger partial charge is 0.303 e. The van der Waals surface area contributed by atoms with E-state index in [0.29, 0.717) is 42.0 Å². The van der Waals surface area contributed by atoms with E-state index in [1.54, 1.807) is 24.1 Å². The highest BCUT2D eigenvalue weighted by Crippen LogP contribution is 2.57. The van der Waals surface area contributed by atoms with E-state index in [-0.39, 0.29) is 48.7 Å². The SMILES string of the molecule is COc1ccc2c(O[C@@H]3C[C@H]4C(=O)C[C@]5(C(=O)NS(=O)(=O)N(C)C)C[C@@H]5/C=C\CCCCC[C@H](Cc5ccc(F)cc5)C(=O)N4C3)cc(-c3nc(C(C)C)cs3)nc2c1C. The zero-order valence-electron chi connectivity index (χ0n) is 35.1. The lowest BCUT2D eigenvalue weighted by atomic mass is 9.90. The first-order valence-corrected chi connectivity index (χ1v) is 23.0. The first kappa shape index (κ1) is 43.4. The Bertz CT molecular complexity index is 2400. The molecule has 7 rings (SSSR count). The molecule has 60 heavy (non-hydrogen) atoms. The molecular weight excluding hydrogens is 806 g/mol. The van der Waals surface area contributed by atoms with E-state index in [0.717, 1.165) is 57.2 Å². The van der Waals surface area contributed by atoms with Gasteiger partial charge in [-0.1, -0.05) is 51.0 Å². The zero-order valence-corrected chi connectivity index (χ0v) is 36.7. The third-order valence-corrected chi connectivity index (χ3v) is 14.5. The number of carbonyl (C=O) groups is 3. The number of nitrogens with one attached hydrogen (secondary N) is 1. The maximum atomic E-state index is 14.9. The first-order valence-electron chi connectivity index (χ1n) is 20.7. The van der Waals surface area contributed by atoms with E-state index in [4.69, 9.17) is 19.4 Å². The third-order valence-electron chi connectivity index (χ3n) is 12.2. The molecule has 2 fully saturated rings. The van der Waals surface area contributed by atoms with Gasteiger partial charge in [-0.2, -0.15) is 12.7 Å². The quantitative estimate of drug-likeness (QED) is 0.160. The van der Waals surface area contributed by atoms with Gasteiger partial charge < -0.3 is 14.4 Å². The van der Waals surface area contributed by atoms with Gasteiger partial charge in [0.05, 0.1) is 36.3 Å². The summed E-state index contributed by atoms with van der Waals surface area (Å²) in [4.78, 5) is 55.1. The van der Waals surface area contributed by atoms with E-state index >= 15 is 0 Å². The first-order chi connectivity index (χ1) is 28.6. The molecule has 12 nitrogen and oxygen atoms in total. The molecule has 320 valence electrons. The molecule has 1 aliphatic carbocycles. The number of amides is 2. The van der Waals surface area contributed by atoms with Gasteiger partial charge in [0.2, 0.25) is 11.8 Å². The van der Waals surface area contributed by atoms with Crippen LogP contribution in [0.5, 0.6) is 11.5 Å². The molecule has 4 heterocycles. The van der Waals surface area contributed by atoms with Gasteiger partial charge in [0.15, 0.2) is 5.78 Å². The molecule has 5 atom stereocenters. The van der Waals surface area contributed by atoms with Crippen molar-refractivity contribution in [1.82, 2.24) is 23.9 Å². The Labute approximate surface area is 355 Å². The summed E-state index contributed by atoms with van der Waals surface area (Å²) in [7, 11) is 0.138. The molecule has 2 amide bonds. The number of halogens is 1. The summed E-state index contributed by atoms with van der Waals surface area (Å²) in [5.74, 6) is -1.05. The standard InChI is InChI=1S/C45H54FN5O7S2/c1-27(2)36-26-59-42(48-36)35-22-40(34-18-19-39(57-6)28(3)41(34)47-35)58-33-21-37-38(52)24-45(44(54)49-60(55,56)50(4)5)23-31(45)13-11-9-7-8-10-12-30(43(53)51(37)25-33)20-29-14-16-32(46)17-15-29/h11,13-19,22,26-27,30-31,33,37H,7-10,12,20-21,23-25H2,1-6H3,(H,49,54)/b13-11-/t30-,31+,33-,37+,45-/m1/s1. The van der Waals surface area contributed by atoms with Crippen molar-refractivity contribution in [2.45, 2.75) is 96.6 Å². The fourth-order valence-electron chi connectivity index (χ4n) is 8.50. The molecule has 15 heteroatoms. The van der Waals surface area contributed by atoms with E-state index in [1.165, 1.54) is 37.6 Å². The Morgan fingerprint density at radius 2 is 1.85 bits per heavy atom. The number of aromatic nitrogens is 2. The highest BCUT2D eigenvalue weighted by molar-refractivity contribution is 7.87. The third kappa shape index (κ3) is 9.13. The second-order valence-corrected chi connectivity index (χ2v) is 19.7. The number of nitrogens with zero attached hydrogens (tertiary/aromatic N) is 4. The molecular formula is C45H54FN5O7S2. The van der Waals surface area contributed by atoms with Crippen LogP contribution in [0.3, 0.4) is 0 Å². The molecule has 2 aromatic carbocycles. The van der Waals surface area contributed by atoms with Crippen LogP contribution >= 0.6 is 11.3 Å². The van der Waals surface area contributed by atoms with Crippen LogP contribution in [0.25, 0.3) is 21.6 Å². The molecule has 2 aromatic heterocycles. The Hall–Kier alpha value is -4.73. The number of benzene rings is 2. The highest BCUT2D eigenvalue weighted by Gasteiger charge is 2.61. The van der Waals surface area contributed by atoms with Gasteiger partial charge >= 0.3 is 10.2 Å². The number of hydrogen-bond donors (Lipinski definition) is 1. The van der Waals surface area contributed by atoms with Crippen molar-refractivity contribution in [3.63, 3.8) is 0 Å². The van der Waals surface area contributed by atoms with Crippen molar-refractivity contribution < 1.29 is 36.7 Å². The number of thiazole rings is 1. The predicted molar refractivity (Wildman–Crippen MR) is 229 cm³/mol. The number of carbonyl (C=O) groups excluding carboxylic acids is 3. The molecule has 2 aliphatic heterocycles. The second-order valence-electron chi connectivity index (χ2n) is 16.9. The van der Waals surface area contributed by atoms with Crippen LogP contribution in [0, 0.1) is 30.0 Å². The lowest BCUT2D eigenvalue weighted by molar-refractivity contribution is -0.142. The van der Waals surface area contributed by atoms with E-state index in [9.17, 15) is 27.2 Å². The number of ketones is 1. The summed E-state index contributed by atoms with van der Waals surface area (Å²) in [6.45, 7) is 6.21. The van der Waals surface area contributed by atoms with Crippen LogP contribution in [0.1, 0.15) is 88.0 Å². The maximum absolute atomic E-state index is 14.9. The maximum Gasteiger partial charge on any atom is 0.303 e. The van der Waals surface area contributed by atoms with Crippen LogP contribution < -0.4 is 14.2 Å². The Morgan fingerprint density at radius 1 is 1.08 bits per heavy atom. The largest absolute Gasteiger partial charge is 0.496 e. The summed E-state index contributed by atoms with van der Waals surface area (Å²) in [6, 6.07) is 10.8. The fourth-order valence-corrected chi connectivity index (χ4v) is 10.1. The van der Waals surface area contributed by atoms with Crippen molar-refractivity contribution in [3.8, 4) is 22.2 Å². The van der Waals surface area contributed by atoms with Gasteiger partial charge in [0.1, 0.15) is 34.1 Å². The topological polar surface area (TPSA) is 148 Å². The minimum absolute atomic E-state index is 0.107. The molecule has 1 saturated carbocycles. The lowest BCUT2D eigenvalue weighted by Crippen LogP contribution is -2.47. The molecule has 4 aromatic rings. The Kier molecular flexibility index (Phi) is 12.8. The number of aryl methyl sites for hydroxylation is 1. The number of methoxy groups -OCH3 is 1. The number of rotatable bonds is 10. The highest BCUT2D eigenvalue weighted by atomic mass is 32.2. The van der Waals surface area contributed by atoms with Crippen molar-refractivity contribution in [1.29, 1.82) is 0 Å². The van der Waals surface area contributed by atoms with Crippen LogP contribution in [0.2, 0.25) is 0 Å². The number of fused-ring (bicyclic) bond motifs is 3. The Balaban J connectivity index is 1.26. The number of allylic oxidation sites excluding steroid dienone is 2. The van der Waals surface area contributed by atoms with Crippen molar-refractivity contribution >= 4 is 50.0 Å². The van der Waals surface area contributed by atoms with Gasteiger partial charge in [0, 0.05) is 55.3 Å². The molecule has 3 aliphatic rings. The zero-order chi connectivity index (χ0) is 42.9. The van der Waals surface area contributed by atoms with Gasteiger partial charge in [-0.3, -0.25) is 14.4 Å². The molecule has 0 bridgehead atoms. The van der Waals surface area contributed by atoms with Gasteiger partial charge in [0.25, 0.3) is 0 Å². The van der Waals surface area contributed by atoms with Crippen molar-refractivity contribution in [2.24, 2.45) is 17.3 Å². The van der Waals surface area contributed by atoms with E-state index < -0.39 is 39.6 Å². The Morgan fingerprint density at radius 3 is 2.55 bits per heavy atom. The second kappa shape index (κ2) is 17.7.